The van der Waals surface area contributed by atoms with Gasteiger partial charge < -0.3 is 10.2 Å². The van der Waals surface area contributed by atoms with Gasteiger partial charge in [0.1, 0.15) is 0 Å². The predicted molar refractivity (Wildman–Crippen MR) is 66.3 cm³/mol. The summed E-state index contributed by atoms with van der Waals surface area (Å²) in [6.07, 6.45) is 2.74. The zero-order chi connectivity index (χ0) is 11.3. The standard InChI is InChI=1S/C12H27N3/c1-5-13-9-11(2)15-8-6-7-12(15)10-14(3)4/h11-13H,5-10H2,1-4H3. The van der Waals surface area contributed by atoms with Crippen molar-refractivity contribution in [2.75, 3.05) is 40.3 Å². The average molecular weight is 213 g/mol. The lowest BCUT2D eigenvalue weighted by Gasteiger charge is -2.32. The molecule has 1 heterocycles. The SMILES string of the molecule is CCNCC(C)N1CCCC1CN(C)C. The highest BCUT2D eigenvalue weighted by molar-refractivity contribution is 4.85. The van der Waals surface area contributed by atoms with Crippen molar-refractivity contribution < 1.29 is 0 Å². The van der Waals surface area contributed by atoms with Crippen molar-refractivity contribution in [1.82, 2.24) is 15.1 Å². The average Bonchev–Trinajstić information content (AvgIpc) is 2.61. The normalized spacial score (nSPS) is 25.0. The van der Waals surface area contributed by atoms with Crippen molar-refractivity contribution in [1.29, 1.82) is 0 Å². The van der Waals surface area contributed by atoms with Crippen LogP contribution in [-0.2, 0) is 0 Å². The highest BCUT2D eigenvalue weighted by Crippen LogP contribution is 2.20. The van der Waals surface area contributed by atoms with E-state index in [0.29, 0.717) is 6.04 Å². The van der Waals surface area contributed by atoms with Crippen LogP contribution in [0.4, 0.5) is 0 Å². The summed E-state index contributed by atoms with van der Waals surface area (Å²) in [6, 6.07) is 1.45. The molecule has 90 valence electrons. The molecule has 1 aliphatic heterocycles. The van der Waals surface area contributed by atoms with Crippen LogP contribution in [0.1, 0.15) is 26.7 Å². The molecular weight excluding hydrogens is 186 g/mol. The molecule has 1 saturated heterocycles. The maximum atomic E-state index is 3.44. The Balaban J connectivity index is 2.37. The molecule has 2 atom stereocenters. The Kier molecular flexibility index (Phi) is 5.58. The quantitative estimate of drug-likeness (QED) is 0.710. The fourth-order valence-electron chi connectivity index (χ4n) is 2.53. The number of hydrogen-bond donors (Lipinski definition) is 1. The number of likely N-dealkylation sites (N-methyl/N-ethyl adjacent to an activating group) is 2. The molecule has 0 aromatic rings. The number of likely N-dealkylation sites (tertiary alicyclic amines) is 1. The molecule has 15 heavy (non-hydrogen) atoms. The van der Waals surface area contributed by atoms with Gasteiger partial charge in [-0.25, -0.2) is 0 Å². The maximum absolute atomic E-state index is 3.44. The number of hydrogen-bond acceptors (Lipinski definition) is 3. The molecule has 0 saturated carbocycles. The molecule has 1 fully saturated rings. The summed E-state index contributed by atoms with van der Waals surface area (Å²) < 4.78 is 0. The molecule has 1 aliphatic rings. The van der Waals surface area contributed by atoms with E-state index in [2.05, 4.69) is 43.1 Å². The van der Waals surface area contributed by atoms with Crippen LogP contribution >= 0.6 is 0 Å². The third-order valence-corrected chi connectivity index (χ3v) is 3.25. The van der Waals surface area contributed by atoms with Crippen molar-refractivity contribution in [2.45, 2.75) is 38.8 Å². The second kappa shape index (κ2) is 6.46. The lowest BCUT2D eigenvalue weighted by Crippen LogP contribution is -2.46. The first-order chi connectivity index (χ1) is 7.15. The molecule has 1 N–H and O–H groups in total. The Morgan fingerprint density at radius 2 is 2.20 bits per heavy atom. The summed E-state index contributed by atoms with van der Waals surface area (Å²) in [7, 11) is 4.34. The number of rotatable bonds is 6. The smallest absolute Gasteiger partial charge is 0.0226 e. The largest absolute Gasteiger partial charge is 0.315 e. The van der Waals surface area contributed by atoms with Gasteiger partial charge in [0.05, 0.1) is 0 Å². The van der Waals surface area contributed by atoms with Gasteiger partial charge in [-0.2, -0.15) is 0 Å². The van der Waals surface area contributed by atoms with Crippen molar-refractivity contribution >= 4 is 0 Å². The fourth-order valence-corrected chi connectivity index (χ4v) is 2.53. The summed E-state index contributed by atoms with van der Waals surface area (Å²) in [4.78, 5) is 4.98. The van der Waals surface area contributed by atoms with Gasteiger partial charge in [0, 0.05) is 25.2 Å². The zero-order valence-electron chi connectivity index (χ0n) is 10.8. The maximum Gasteiger partial charge on any atom is 0.0226 e. The van der Waals surface area contributed by atoms with Gasteiger partial charge >= 0.3 is 0 Å². The van der Waals surface area contributed by atoms with Gasteiger partial charge in [-0.05, 0) is 47.0 Å². The zero-order valence-corrected chi connectivity index (χ0v) is 10.8. The molecule has 0 spiro atoms. The van der Waals surface area contributed by atoms with E-state index in [1.54, 1.807) is 0 Å². The second-order valence-electron chi connectivity index (χ2n) is 4.95. The molecule has 0 aromatic heterocycles. The summed E-state index contributed by atoms with van der Waals surface area (Å²) in [5.41, 5.74) is 0. The van der Waals surface area contributed by atoms with E-state index in [9.17, 15) is 0 Å². The Hall–Kier alpha value is -0.120. The van der Waals surface area contributed by atoms with Crippen molar-refractivity contribution in [3.8, 4) is 0 Å². The monoisotopic (exact) mass is 213 g/mol. The molecule has 0 aromatic carbocycles. The Morgan fingerprint density at radius 1 is 1.47 bits per heavy atom. The van der Waals surface area contributed by atoms with E-state index in [1.807, 2.05) is 0 Å². The van der Waals surface area contributed by atoms with Gasteiger partial charge in [0.15, 0.2) is 0 Å². The lowest BCUT2D eigenvalue weighted by atomic mass is 10.2. The van der Waals surface area contributed by atoms with Crippen molar-refractivity contribution in [3.63, 3.8) is 0 Å². The van der Waals surface area contributed by atoms with Crippen LogP contribution in [0.3, 0.4) is 0 Å². The molecular formula is C12H27N3. The highest BCUT2D eigenvalue weighted by Gasteiger charge is 2.28. The predicted octanol–water partition coefficient (Wildman–Crippen LogP) is 1.01. The van der Waals surface area contributed by atoms with Gasteiger partial charge in [-0.1, -0.05) is 6.92 Å². The minimum atomic E-state index is 0.678. The highest BCUT2D eigenvalue weighted by atomic mass is 15.2. The Bertz CT molecular complexity index is 170. The van der Waals surface area contributed by atoms with Gasteiger partial charge in [0.2, 0.25) is 0 Å². The summed E-state index contributed by atoms with van der Waals surface area (Å²) >= 11 is 0. The van der Waals surface area contributed by atoms with Gasteiger partial charge in [-0.15, -0.1) is 0 Å². The number of nitrogens with zero attached hydrogens (tertiary/aromatic N) is 2. The minimum absolute atomic E-state index is 0.678. The summed E-state index contributed by atoms with van der Waals surface area (Å²) in [6.45, 7) is 9.21. The second-order valence-corrected chi connectivity index (χ2v) is 4.95. The molecule has 2 unspecified atom stereocenters. The van der Waals surface area contributed by atoms with Crippen LogP contribution in [-0.4, -0.2) is 62.2 Å². The molecule has 0 amide bonds. The summed E-state index contributed by atoms with van der Waals surface area (Å²) in [5.74, 6) is 0. The molecule has 1 rings (SSSR count). The Morgan fingerprint density at radius 3 is 2.80 bits per heavy atom. The van der Waals surface area contributed by atoms with Crippen LogP contribution in [0.2, 0.25) is 0 Å². The molecule has 0 bridgehead atoms. The van der Waals surface area contributed by atoms with Gasteiger partial charge in [0.25, 0.3) is 0 Å². The van der Waals surface area contributed by atoms with E-state index in [4.69, 9.17) is 0 Å². The van der Waals surface area contributed by atoms with Crippen LogP contribution in [0.25, 0.3) is 0 Å². The lowest BCUT2D eigenvalue weighted by molar-refractivity contribution is 0.159. The van der Waals surface area contributed by atoms with Crippen LogP contribution in [0.15, 0.2) is 0 Å². The topological polar surface area (TPSA) is 18.5 Å². The third kappa shape index (κ3) is 4.09. The first-order valence-corrected chi connectivity index (χ1v) is 6.26. The molecule has 3 nitrogen and oxygen atoms in total. The first kappa shape index (κ1) is 12.9. The fraction of sp³-hybridized carbons (Fsp3) is 1.00. The van der Waals surface area contributed by atoms with Crippen LogP contribution in [0, 0.1) is 0 Å². The first-order valence-electron chi connectivity index (χ1n) is 6.26. The molecule has 3 heteroatoms. The van der Waals surface area contributed by atoms with E-state index < -0.39 is 0 Å². The van der Waals surface area contributed by atoms with Gasteiger partial charge in [-0.3, -0.25) is 4.90 Å². The van der Waals surface area contributed by atoms with Crippen molar-refractivity contribution in [3.05, 3.63) is 0 Å². The third-order valence-electron chi connectivity index (χ3n) is 3.25. The van der Waals surface area contributed by atoms with E-state index in [1.165, 1.54) is 25.9 Å². The molecule has 0 aliphatic carbocycles. The number of nitrogens with one attached hydrogen (secondary N) is 1. The minimum Gasteiger partial charge on any atom is -0.315 e. The summed E-state index contributed by atoms with van der Waals surface area (Å²) in [5, 5.41) is 3.44. The van der Waals surface area contributed by atoms with Crippen LogP contribution < -0.4 is 5.32 Å². The van der Waals surface area contributed by atoms with E-state index in [0.717, 1.165) is 19.1 Å². The van der Waals surface area contributed by atoms with Crippen LogP contribution in [0.5, 0.6) is 0 Å². The van der Waals surface area contributed by atoms with E-state index >= 15 is 0 Å². The van der Waals surface area contributed by atoms with E-state index in [-0.39, 0.29) is 0 Å². The Labute approximate surface area is 94.8 Å². The molecule has 0 radical (unpaired) electrons. The van der Waals surface area contributed by atoms with Crippen molar-refractivity contribution in [2.24, 2.45) is 0 Å².